The Kier molecular flexibility index (Phi) is 3.60. The molecule has 1 heterocycles. The summed E-state index contributed by atoms with van der Waals surface area (Å²) in [5.74, 6) is -0.0223. The molecule has 0 aliphatic rings. The van der Waals surface area contributed by atoms with Crippen molar-refractivity contribution >= 4 is 17.2 Å². The number of aromatic nitrogens is 1. The minimum Gasteiger partial charge on any atom is -0.351 e. The Morgan fingerprint density at radius 1 is 1.71 bits per heavy atom. The van der Waals surface area contributed by atoms with E-state index in [4.69, 9.17) is 5.73 Å². The van der Waals surface area contributed by atoms with Gasteiger partial charge in [0.1, 0.15) is 0 Å². The first kappa shape index (κ1) is 11.1. The molecule has 1 aromatic heterocycles. The van der Waals surface area contributed by atoms with E-state index >= 15 is 0 Å². The Hall–Kier alpha value is -0.940. The van der Waals surface area contributed by atoms with Gasteiger partial charge >= 0.3 is 0 Å². The van der Waals surface area contributed by atoms with Gasteiger partial charge in [-0.05, 0) is 13.8 Å². The summed E-state index contributed by atoms with van der Waals surface area (Å²) < 4.78 is 0. The first-order valence-electron chi connectivity index (χ1n) is 4.40. The molecule has 5 heteroatoms. The Morgan fingerprint density at radius 2 is 2.43 bits per heavy atom. The van der Waals surface area contributed by atoms with Crippen molar-refractivity contribution in [2.45, 2.75) is 32.4 Å². The summed E-state index contributed by atoms with van der Waals surface area (Å²) in [5, 5.41) is 2.79. The topological polar surface area (TPSA) is 68.0 Å². The summed E-state index contributed by atoms with van der Waals surface area (Å²) in [4.78, 5) is 16.3. The van der Waals surface area contributed by atoms with Crippen LogP contribution < -0.4 is 11.1 Å². The van der Waals surface area contributed by atoms with Crippen LogP contribution in [0.2, 0.25) is 0 Å². The molecule has 78 valence electrons. The highest BCUT2D eigenvalue weighted by Crippen LogP contribution is 2.06. The third-order valence-corrected chi connectivity index (χ3v) is 2.34. The lowest BCUT2D eigenvalue weighted by atomic mass is 10.0. The monoisotopic (exact) mass is 213 g/mol. The molecule has 1 aromatic rings. The fraction of sp³-hybridized carbons (Fsp3) is 0.556. The van der Waals surface area contributed by atoms with Crippen LogP contribution in [0.4, 0.5) is 0 Å². The second kappa shape index (κ2) is 4.52. The van der Waals surface area contributed by atoms with E-state index in [-0.39, 0.29) is 5.91 Å². The smallest absolute Gasteiger partial charge is 0.222 e. The number of nitrogens with two attached hydrogens (primary N) is 1. The molecule has 1 amide bonds. The minimum absolute atomic E-state index is 0.0223. The SMILES string of the molecule is CC(C)(N)CC(=O)NCc1cncs1. The molecule has 0 spiro atoms. The van der Waals surface area contributed by atoms with Crippen molar-refractivity contribution in [1.82, 2.24) is 10.3 Å². The van der Waals surface area contributed by atoms with E-state index in [2.05, 4.69) is 10.3 Å². The molecule has 0 aliphatic heterocycles. The molecule has 0 saturated carbocycles. The molecule has 14 heavy (non-hydrogen) atoms. The molecule has 0 unspecified atom stereocenters. The standard InChI is InChI=1S/C9H15N3OS/c1-9(2,10)3-8(13)12-5-7-4-11-6-14-7/h4,6H,3,5,10H2,1-2H3,(H,12,13). The van der Waals surface area contributed by atoms with Crippen LogP contribution in [0.25, 0.3) is 0 Å². The Balaban J connectivity index is 2.29. The molecular formula is C9H15N3OS. The highest BCUT2D eigenvalue weighted by molar-refractivity contribution is 7.09. The molecule has 0 atom stereocenters. The van der Waals surface area contributed by atoms with Crippen LogP contribution in [0.15, 0.2) is 11.7 Å². The van der Waals surface area contributed by atoms with E-state index in [1.165, 1.54) is 11.3 Å². The molecule has 4 nitrogen and oxygen atoms in total. The number of thiazole rings is 1. The van der Waals surface area contributed by atoms with E-state index in [1.807, 2.05) is 13.8 Å². The molecule has 0 aliphatic carbocycles. The second-order valence-corrected chi connectivity index (χ2v) is 4.88. The number of hydrogen-bond acceptors (Lipinski definition) is 4. The van der Waals surface area contributed by atoms with E-state index in [0.29, 0.717) is 13.0 Å². The largest absolute Gasteiger partial charge is 0.351 e. The molecule has 0 bridgehead atoms. The number of hydrogen-bond donors (Lipinski definition) is 2. The zero-order valence-corrected chi connectivity index (χ0v) is 9.23. The highest BCUT2D eigenvalue weighted by atomic mass is 32.1. The van der Waals surface area contributed by atoms with Gasteiger partial charge in [-0.25, -0.2) is 0 Å². The Morgan fingerprint density at radius 3 is 2.93 bits per heavy atom. The van der Waals surface area contributed by atoms with Crippen molar-refractivity contribution in [2.75, 3.05) is 0 Å². The molecular weight excluding hydrogens is 198 g/mol. The third kappa shape index (κ3) is 4.34. The maximum absolute atomic E-state index is 11.3. The van der Waals surface area contributed by atoms with Crippen LogP contribution in [-0.4, -0.2) is 16.4 Å². The lowest BCUT2D eigenvalue weighted by Gasteiger charge is -2.17. The summed E-state index contributed by atoms with van der Waals surface area (Å²) >= 11 is 1.53. The molecule has 0 radical (unpaired) electrons. The summed E-state index contributed by atoms with van der Waals surface area (Å²) in [6, 6.07) is 0. The first-order chi connectivity index (χ1) is 6.47. The van der Waals surface area contributed by atoms with Gasteiger partial charge < -0.3 is 11.1 Å². The average Bonchev–Trinajstić information content (AvgIpc) is 2.49. The summed E-state index contributed by atoms with van der Waals surface area (Å²) in [7, 11) is 0. The zero-order chi connectivity index (χ0) is 10.6. The number of nitrogens with zero attached hydrogens (tertiary/aromatic N) is 1. The van der Waals surface area contributed by atoms with Crippen LogP contribution in [0, 0.1) is 0 Å². The molecule has 0 aromatic carbocycles. The molecule has 0 saturated heterocycles. The zero-order valence-electron chi connectivity index (χ0n) is 8.41. The summed E-state index contributed by atoms with van der Waals surface area (Å²) in [5.41, 5.74) is 7.01. The van der Waals surface area contributed by atoms with Crippen molar-refractivity contribution in [3.63, 3.8) is 0 Å². The van der Waals surface area contributed by atoms with Gasteiger partial charge in [-0.3, -0.25) is 9.78 Å². The predicted molar refractivity (Wildman–Crippen MR) is 56.8 cm³/mol. The number of carbonyl (C=O) groups excluding carboxylic acids is 1. The number of rotatable bonds is 4. The normalized spacial score (nSPS) is 11.4. The number of amides is 1. The van der Waals surface area contributed by atoms with Gasteiger partial charge in [0.15, 0.2) is 0 Å². The van der Waals surface area contributed by atoms with Gasteiger partial charge in [-0.1, -0.05) is 0 Å². The van der Waals surface area contributed by atoms with E-state index in [9.17, 15) is 4.79 Å². The Labute approximate surface area is 87.5 Å². The van der Waals surface area contributed by atoms with Crippen LogP contribution >= 0.6 is 11.3 Å². The maximum Gasteiger partial charge on any atom is 0.222 e. The van der Waals surface area contributed by atoms with Gasteiger partial charge in [-0.15, -0.1) is 11.3 Å². The van der Waals surface area contributed by atoms with Crippen molar-refractivity contribution in [3.8, 4) is 0 Å². The van der Waals surface area contributed by atoms with Crippen LogP contribution in [-0.2, 0) is 11.3 Å². The lowest BCUT2D eigenvalue weighted by molar-refractivity contribution is -0.122. The van der Waals surface area contributed by atoms with Crippen molar-refractivity contribution in [2.24, 2.45) is 5.73 Å². The quantitative estimate of drug-likeness (QED) is 0.780. The van der Waals surface area contributed by atoms with E-state index < -0.39 is 5.54 Å². The summed E-state index contributed by atoms with van der Waals surface area (Å²) in [6.45, 7) is 4.21. The predicted octanol–water partition coefficient (Wildman–Crippen LogP) is 0.887. The summed E-state index contributed by atoms with van der Waals surface area (Å²) in [6.07, 6.45) is 2.09. The minimum atomic E-state index is -0.447. The third-order valence-electron chi connectivity index (χ3n) is 1.56. The van der Waals surface area contributed by atoms with E-state index in [0.717, 1.165) is 4.88 Å². The van der Waals surface area contributed by atoms with Crippen LogP contribution in [0.5, 0.6) is 0 Å². The lowest BCUT2D eigenvalue weighted by Crippen LogP contribution is -2.38. The maximum atomic E-state index is 11.3. The van der Waals surface area contributed by atoms with Crippen molar-refractivity contribution in [1.29, 1.82) is 0 Å². The Bertz CT molecular complexity index is 290. The van der Waals surface area contributed by atoms with Crippen molar-refractivity contribution in [3.05, 3.63) is 16.6 Å². The van der Waals surface area contributed by atoms with Gasteiger partial charge in [0.2, 0.25) is 5.91 Å². The highest BCUT2D eigenvalue weighted by Gasteiger charge is 2.15. The van der Waals surface area contributed by atoms with Gasteiger partial charge in [0.25, 0.3) is 0 Å². The van der Waals surface area contributed by atoms with Crippen LogP contribution in [0.3, 0.4) is 0 Å². The molecule has 1 rings (SSSR count). The first-order valence-corrected chi connectivity index (χ1v) is 5.28. The second-order valence-electron chi connectivity index (χ2n) is 3.91. The number of carbonyl (C=O) groups is 1. The molecule has 3 N–H and O–H groups in total. The number of nitrogens with one attached hydrogen (secondary N) is 1. The average molecular weight is 213 g/mol. The van der Waals surface area contributed by atoms with Crippen molar-refractivity contribution < 1.29 is 4.79 Å². The van der Waals surface area contributed by atoms with Gasteiger partial charge in [0, 0.05) is 23.0 Å². The fourth-order valence-corrected chi connectivity index (χ4v) is 1.53. The van der Waals surface area contributed by atoms with Gasteiger partial charge in [0.05, 0.1) is 12.1 Å². The van der Waals surface area contributed by atoms with Crippen LogP contribution in [0.1, 0.15) is 25.1 Å². The van der Waals surface area contributed by atoms with Gasteiger partial charge in [-0.2, -0.15) is 0 Å². The van der Waals surface area contributed by atoms with E-state index in [1.54, 1.807) is 11.7 Å². The molecule has 0 fully saturated rings. The fourth-order valence-electron chi connectivity index (χ4n) is 0.991.